The van der Waals surface area contributed by atoms with Gasteiger partial charge in [0, 0.05) is 17.5 Å². The minimum absolute atomic E-state index is 0.250. The van der Waals surface area contributed by atoms with Crippen LogP contribution in [0.2, 0.25) is 0 Å². The highest BCUT2D eigenvalue weighted by Gasteiger charge is 2.11. The number of nitriles is 1. The molecule has 2 aromatic carbocycles. The van der Waals surface area contributed by atoms with Crippen LogP contribution in [0.1, 0.15) is 17.7 Å². The molecule has 0 spiro atoms. The van der Waals surface area contributed by atoms with Gasteiger partial charge in [-0.25, -0.2) is 9.97 Å². The van der Waals surface area contributed by atoms with Crippen LogP contribution >= 0.6 is 0 Å². The molecule has 0 aliphatic rings. The number of nitrogen functional groups attached to an aromatic ring is 1. The first-order valence-corrected chi connectivity index (χ1v) is 9.05. The molecule has 0 bridgehead atoms. The summed E-state index contributed by atoms with van der Waals surface area (Å²) in [6.07, 6.45) is 1.48. The third-order valence-electron chi connectivity index (χ3n) is 4.51. The molecule has 4 rings (SSSR count). The van der Waals surface area contributed by atoms with Crippen molar-refractivity contribution in [1.82, 2.24) is 20.2 Å². The van der Waals surface area contributed by atoms with Crippen LogP contribution in [0.15, 0.2) is 54.6 Å². The molecule has 28 heavy (non-hydrogen) atoms. The molecule has 0 saturated carbocycles. The zero-order valence-corrected chi connectivity index (χ0v) is 15.2. The molecule has 0 amide bonds. The summed E-state index contributed by atoms with van der Waals surface area (Å²) in [6, 6.07) is 20.0. The second kappa shape index (κ2) is 7.76. The second-order valence-corrected chi connectivity index (χ2v) is 6.38. The maximum atomic E-state index is 9.16. The van der Waals surface area contributed by atoms with Crippen molar-refractivity contribution < 1.29 is 0 Å². The molecule has 138 valence electrons. The number of fused-ring (bicyclic) bond motifs is 1. The number of aryl methyl sites for hydroxylation is 1. The maximum absolute atomic E-state index is 9.16. The summed E-state index contributed by atoms with van der Waals surface area (Å²) < 4.78 is 0. The molecule has 0 atom stereocenters. The van der Waals surface area contributed by atoms with Crippen molar-refractivity contribution in [3.63, 3.8) is 0 Å². The summed E-state index contributed by atoms with van der Waals surface area (Å²) >= 11 is 0. The SMILES string of the molecule is N#Cc1c(N)n[nH]c1CCCNc1nc(-c2ccccc2)nc2ccccc12. The Hall–Kier alpha value is -3.92. The Labute approximate surface area is 162 Å². The van der Waals surface area contributed by atoms with Gasteiger partial charge >= 0.3 is 0 Å². The Morgan fingerprint density at radius 1 is 1.04 bits per heavy atom. The number of aromatic amines is 1. The lowest BCUT2D eigenvalue weighted by atomic mass is 10.1. The molecule has 0 unspecified atom stereocenters. The average molecular weight is 369 g/mol. The summed E-state index contributed by atoms with van der Waals surface area (Å²) in [7, 11) is 0. The topological polar surface area (TPSA) is 116 Å². The highest BCUT2D eigenvalue weighted by atomic mass is 15.2. The lowest BCUT2D eigenvalue weighted by molar-refractivity contribution is 0.823. The normalized spacial score (nSPS) is 10.7. The molecule has 7 heteroatoms. The third-order valence-corrected chi connectivity index (χ3v) is 4.51. The Bertz CT molecular complexity index is 1140. The van der Waals surface area contributed by atoms with Crippen LogP contribution in [0.4, 0.5) is 11.6 Å². The van der Waals surface area contributed by atoms with E-state index in [4.69, 9.17) is 21.0 Å². The van der Waals surface area contributed by atoms with Crippen molar-refractivity contribution in [2.45, 2.75) is 12.8 Å². The van der Waals surface area contributed by atoms with E-state index in [1.165, 1.54) is 0 Å². The fourth-order valence-corrected chi connectivity index (χ4v) is 3.10. The van der Waals surface area contributed by atoms with Crippen LogP contribution in [0.3, 0.4) is 0 Å². The molecule has 7 nitrogen and oxygen atoms in total. The maximum Gasteiger partial charge on any atom is 0.163 e. The minimum atomic E-state index is 0.250. The van der Waals surface area contributed by atoms with Crippen LogP contribution in [-0.2, 0) is 6.42 Å². The lowest BCUT2D eigenvalue weighted by Crippen LogP contribution is -2.07. The number of nitrogens with one attached hydrogen (secondary N) is 2. The van der Waals surface area contributed by atoms with Crippen LogP contribution in [0.5, 0.6) is 0 Å². The van der Waals surface area contributed by atoms with Crippen LogP contribution in [0, 0.1) is 11.3 Å². The van der Waals surface area contributed by atoms with Gasteiger partial charge in [-0.15, -0.1) is 0 Å². The average Bonchev–Trinajstić information content (AvgIpc) is 3.11. The molecule has 0 radical (unpaired) electrons. The van der Waals surface area contributed by atoms with E-state index in [1.54, 1.807) is 0 Å². The number of nitrogens with two attached hydrogens (primary N) is 1. The highest BCUT2D eigenvalue weighted by Crippen LogP contribution is 2.24. The molecule has 2 aromatic heterocycles. The Morgan fingerprint density at radius 2 is 1.82 bits per heavy atom. The molecule has 4 aromatic rings. The molecular formula is C21H19N7. The third kappa shape index (κ3) is 3.48. The molecule has 0 aliphatic heterocycles. The van der Waals surface area contributed by atoms with Gasteiger partial charge in [-0.3, -0.25) is 5.10 Å². The summed E-state index contributed by atoms with van der Waals surface area (Å²) in [4.78, 5) is 9.43. The fraction of sp³-hybridized carbons (Fsp3) is 0.143. The number of aromatic nitrogens is 4. The standard InChI is InChI=1S/C21H19N7/c22-13-16-18(27-28-19(16)23)11-6-12-24-21-15-9-4-5-10-17(15)25-20(26-21)14-7-2-1-3-8-14/h1-5,7-10H,6,11-12H2,(H3,23,27,28)(H,24,25,26). The molecular weight excluding hydrogens is 350 g/mol. The Balaban J connectivity index is 1.53. The predicted octanol–water partition coefficient (Wildman–Crippen LogP) is 3.52. The van der Waals surface area contributed by atoms with E-state index < -0.39 is 0 Å². The Morgan fingerprint density at radius 3 is 2.64 bits per heavy atom. The van der Waals surface area contributed by atoms with E-state index in [1.807, 2.05) is 54.6 Å². The summed E-state index contributed by atoms with van der Waals surface area (Å²) in [5.74, 6) is 1.74. The lowest BCUT2D eigenvalue weighted by Gasteiger charge is -2.11. The van der Waals surface area contributed by atoms with Crippen molar-refractivity contribution in [2.75, 3.05) is 17.6 Å². The molecule has 4 N–H and O–H groups in total. The fourth-order valence-electron chi connectivity index (χ4n) is 3.10. The van der Waals surface area contributed by atoms with Crippen molar-refractivity contribution >= 4 is 22.5 Å². The Kier molecular flexibility index (Phi) is 4.85. The minimum Gasteiger partial charge on any atom is -0.381 e. The highest BCUT2D eigenvalue weighted by molar-refractivity contribution is 5.90. The number of H-pyrrole nitrogens is 1. The van der Waals surface area contributed by atoms with Crippen LogP contribution in [0.25, 0.3) is 22.3 Å². The van der Waals surface area contributed by atoms with E-state index in [0.29, 0.717) is 24.4 Å². The van der Waals surface area contributed by atoms with Gasteiger partial charge in [0.15, 0.2) is 11.6 Å². The largest absolute Gasteiger partial charge is 0.381 e. The smallest absolute Gasteiger partial charge is 0.163 e. The van der Waals surface area contributed by atoms with Crippen molar-refractivity contribution in [3.8, 4) is 17.5 Å². The van der Waals surface area contributed by atoms with Gasteiger partial charge in [-0.05, 0) is 25.0 Å². The van der Waals surface area contributed by atoms with Crippen LogP contribution < -0.4 is 11.1 Å². The number of anilines is 2. The van der Waals surface area contributed by atoms with Gasteiger partial charge in [-0.1, -0.05) is 42.5 Å². The number of rotatable bonds is 6. The number of hydrogen-bond donors (Lipinski definition) is 3. The molecule has 0 saturated heterocycles. The number of hydrogen-bond acceptors (Lipinski definition) is 6. The molecule has 2 heterocycles. The first kappa shape index (κ1) is 17.5. The van der Waals surface area contributed by atoms with Gasteiger partial charge in [0.1, 0.15) is 17.5 Å². The first-order valence-electron chi connectivity index (χ1n) is 9.05. The van der Waals surface area contributed by atoms with E-state index >= 15 is 0 Å². The van der Waals surface area contributed by atoms with Crippen LogP contribution in [-0.4, -0.2) is 26.7 Å². The number of para-hydroxylation sites is 1. The summed E-state index contributed by atoms with van der Waals surface area (Å²) in [6.45, 7) is 0.693. The number of nitrogens with zero attached hydrogens (tertiary/aromatic N) is 4. The zero-order valence-electron chi connectivity index (χ0n) is 15.2. The summed E-state index contributed by atoms with van der Waals surface area (Å²) in [5, 5.41) is 20.3. The quantitative estimate of drug-likeness (QED) is 0.448. The molecule has 0 fully saturated rings. The van der Waals surface area contributed by atoms with E-state index in [9.17, 15) is 0 Å². The molecule has 0 aliphatic carbocycles. The zero-order chi connectivity index (χ0) is 19.3. The monoisotopic (exact) mass is 369 g/mol. The first-order chi connectivity index (χ1) is 13.8. The van der Waals surface area contributed by atoms with Crippen molar-refractivity contribution in [3.05, 3.63) is 65.9 Å². The summed E-state index contributed by atoms with van der Waals surface area (Å²) in [5.41, 5.74) is 8.75. The van der Waals surface area contributed by atoms with Gasteiger partial charge < -0.3 is 11.1 Å². The number of benzene rings is 2. The predicted molar refractivity (Wildman–Crippen MR) is 109 cm³/mol. The van der Waals surface area contributed by atoms with Gasteiger partial charge in [0.2, 0.25) is 0 Å². The van der Waals surface area contributed by atoms with Gasteiger partial charge in [0.05, 0.1) is 11.2 Å². The van der Waals surface area contributed by atoms with E-state index in [-0.39, 0.29) is 5.82 Å². The van der Waals surface area contributed by atoms with Crippen molar-refractivity contribution in [2.24, 2.45) is 0 Å². The van der Waals surface area contributed by atoms with E-state index in [2.05, 4.69) is 21.6 Å². The van der Waals surface area contributed by atoms with Gasteiger partial charge in [-0.2, -0.15) is 10.4 Å². The van der Waals surface area contributed by atoms with E-state index in [0.717, 1.165) is 34.4 Å². The van der Waals surface area contributed by atoms with Gasteiger partial charge in [0.25, 0.3) is 0 Å². The van der Waals surface area contributed by atoms with Crippen molar-refractivity contribution in [1.29, 1.82) is 5.26 Å². The second-order valence-electron chi connectivity index (χ2n) is 6.38.